The van der Waals surface area contributed by atoms with Gasteiger partial charge >= 0.3 is 12.1 Å². The molecule has 0 radical (unpaired) electrons. The number of methoxy groups -OCH3 is 1. The van der Waals surface area contributed by atoms with E-state index in [1.807, 2.05) is 4.90 Å². The third-order valence-corrected chi connectivity index (χ3v) is 9.60. The summed E-state index contributed by atoms with van der Waals surface area (Å²) >= 11 is 0. The van der Waals surface area contributed by atoms with Gasteiger partial charge in [-0.3, -0.25) is 14.5 Å². The van der Waals surface area contributed by atoms with Gasteiger partial charge in [0.25, 0.3) is 5.91 Å². The van der Waals surface area contributed by atoms with Gasteiger partial charge in [-0.25, -0.2) is 8.78 Å². The summed E-state index contributed by atoms with van der Waals surface area (Å²) in [4.78, 5) is 29.7. The van der Waals surface area contributed by atoms with Crippen molar-refractivity contribution in [3.63, 3.8) is 0 Å². The van der Waals surface area contributed by atoms with Crippen LogP contribution in [0.5, 0.6) is 0 Å². The molecule has 7 nitrogen and oxygen atoms in total. The van der Waals surface area contributed by atoms with Gasteiger partial charge in [0.2, 0.25) is 5.67 Å². The van der Waals surface area contributed by atoms with Crippen molar-refractivity contribution in [1.82, 2.24) is 9.80 Å². The van der Waals surface area contributed by atoms with Crippen LogP contribution >= 0.6 is 0 Å². The first kappa shape index (κ1) is 30.0. The largest absolute Gasteiger partial charge is 0.481 e. The molecule has 12 heteroatoms. The number of aliphatic carboxylic acids is 1. The first-order valence-electron chi connectivity index (χ1n) is 14.5. The standard InChI is InChI=1S/C29H38F5N3O4/c1-41-21-5-3-20(4-6-21)36-13-10-28(31,17-36)27(40)37-15-23(24(30)16-37)22-7-2-19(29(32,33)34)14-25(22)35-11-8-18(9-12-35)26(38)39/h2,7,14,18,20-21,23-24H,3-6,8-13,15-17H2,1H3,(H,38,39)/t20-,21-,23-,24+,28-/m1/s1. The van der Waals surface area contributed by atoms with Crippen molar-refractivity contribution >= 4 is 17.6 Å². The number of carbonyl (C=O) groups excluding carboxylic acids is 1. The average molecular weight is 588 g/mol. The molecule has 1 saturated carbocycles. The molecule has 41 heavy (non-hydrogen) atoms. The quantitative estimate of drug-likeness (QED) is 0.489. The van der Waals surface area contributed by atoms with E-state index < -0.39 is 47.3 Å². The highest BCUT2D eigenvalue weighted by Gasteiger charge is 2.51. The van der Waals surface area contributed by atoms with Crippen LogP contribution in [0.15, 0.2) is 18.2 Å². The van der Waals surface area contributed by atoms with E-state index in [1.165, 1.54) is 11.0 Å². The summed E-state index contributed by atoms with van der Waals surface area (Å²) < 4.78 is 77.8. The van der Waals surface area contributed by atoms with Crippen LogP contribution in [-0.2, 0) is 20.5 Å². The van der Waals surface area contributed by atoms with Gasteiger partial charge in [-0.2, -0.15) is 13.2 Å². The number of carboxylic acids is 1. The number of hydrogen-bond donors (Lipinski definition) is 1. The van der Waals surface area contributed by atoms with E-state index in [9.17, 15) is 27.9 Å². The van der Waals surface area contributed by atoms with Gasteiger partial charge in [0.05, 0.1) is 24.1 Å². The Bertz CT molecular complexity index is 1120. The van der Waals surface area contributed by atoms with Gasteiger partial charge in [0.15, 0.2) is 0 Å². The number of carbonyl (C=O) groups is 2. The Hall–Kier alpha value is -2.47. The zero-order valence-corrected chi connectivity index (χ0v) is 23.2. The minimum absolute atomic E-state index is 0.0260. The molecule has 1 aliphatic carbocycles. The van der Waals surface area contributed by atoms with E-state index in [-0.39, 0.29) is 69.8 Å². The zero-order valence-electron chi connectivity index (χ0n) is 23.2. The molecule has 3 aliphatic heterocycles. The summed E-state index contributed by atoms with van der Waals surface area (Å²) in [5.74, 6) is -3.21. The van der Waals surface area contributed by atoms with E-state index in [0.717, 1.165) is 37.8 Å². The van der Waals surface area contributed by atoms with Crippen LogP contribution in [0.1, 0.15) is 62.0 Å². The Morgan fingerprint density at radius 1 is 1.02 bits per heavy atom. The summed E-state index contributed by atoms with van der Waals surface area (Å²) in [6, 6.07) is 3.32. The highest BCUT2D eigenvalue weighted by molar-refractivity contribution is 5.86. The lowest BCUT2D eigenvalue weighted by atomic mass is 9.91. The van der Waals surface area contributed by atoms with Crippen LogP contribution in [0.3, 0.4) is 0 Å². The number of piperidine rings is 1. The van der Waals surface area contributed by atoms with Gasteiger partial charge < -0.3 is 19.6 Å². The van der Waals surface area contributed by atoms with Gasteiger partial charge in [0.1, 0.15) is 6.17 Å². The first-order valence-corrected chi connectivity index (χ1v) is 14.5. The SMILES string of the molecule is CO[C@H]1CC[C@H](N2CC[C@](F)(C(=O)N3C[C@H](c4ccc(C(F)(F)F)cc4N4CCC(C(=O)O)CC4)[C@@H](F)C3)C2)CC1. The lowest BCUT2D eigenvalue weighted by molar-refractivity contribution is -0.143. The second-order valence-corrected chi connectivity index (χ2v) is 12.1. The third-order valence-electron chi connectivity index (χ3n) is 9.60. The molecule has 3 saturated heterocycles. The van der Waals surface area contributed by atoms with Crippen molar-refractivity contribution in [2.45, 2.75) is 81.0 Å². The summed E-state index contributed by atoms with van der Waals surface area (Å²) in [6.45, 7) is 0.372. The molecule has 4 aliphatic rings. The number of hydrogen-bond acceptors (Lipinski definition) is 5. The molecular weight excluding hydrogens is 549 g/mol. The first-order chi connectivity index (χ1) is 19.4. The van der Waals surface area contributed by atoms with Crippen molar-refractivity contribution in [3.8, 4) is 0 Å². The zero-order chi connectivity index (χ0) is 29.5. The average Bonchev–Trinajstić information content (AvgIpc) is 3.55. The number of halogens is 5. The Kier molecular flexibility index (Phi) is 8.53. The molecule has 3 atom stereocenters. The van der Waals surface area contributed by atoms with Gasteiger partial charge in [-0.05, 0) is 56.2 Å². The van der Waals surface area contributed by atoms with Crippen LogP contribution in [0.25, 0.3) is 0 Å². The van der Waals surface area contributed by atoms with E-state index in [1.54, 1.807) is 12.0 Å². The lowest BCUT2D eigenvalue weighted by Gasteiger charge is -2.35. The predicted molar refractivity (Wildman–Crippen MR) is 141 cm³/mol. The molecule has 0 spiro atoms. The molecule has 1 aromatic carbocycles. The normalized spacial score (nSPS) is 32.0. The number of alkyl halides is 5. The van der Waals surface area contributed by atoms with Crippen molar-refractivity contribution in [2.75, 3.05) is 51.3 Å². The van der Waals surface area contributed by atoms with Crippen molar-refractivity contribution in [3.05, 3.63) is 29.3 Å². The summed E-state index contributed by atoms with van der Waals surface area (Å²) in [5, 5.41) is 9.32. The second-order valence-electron chi connectivity index (χ2n) is 12.1. The molecule has 1 aromatic rings. The van der Waals surface area contributed by atoms with Gasteiger partial charge in [-0.1, -0.05) is 6.07 Å². The Balaban J connectivity index is 1.31. The fourth-order valence-corrected chi connectivity index (χ4v) is 7.11. The Morgan fingerprint density at radius 2 is 1.71 bits per heavy atom. The number of anilines is 1. The molecule has 5 rings (SSSR count). The molecule has 0 unspecified atom stereocenters. The maximum absolute atomic E-state index is 16.1. The van der Waals surface area contributed by atoms with Crippen LogP contribution in [-0.4, -0.2) is 97.1 Å². The molecular formula is C29H38F5N3O4. The molecule has 1 amide bonds. The monoisotopic (exact) mass is 587 g/mol. The minimum Gasteiger partial charge on any atom is -0.481 e. The number of likely N-dealkylation sites (tertiary alicyclic amines) is 2. The molecule has 3 heterocycles. The molecule has 0 aromatic heterocycles. The Morgan fingerprint density at radius 3 is 2.32 bits per heavy atom. The summed E-state index contributed by atoms with van der Waals surface area (Å²) in [6.07, 6.45) is -1.96. The molecule has 1 N–H and O–H groups in total. The fraction of sp³-hybridized carbons (Fsp3) is 0.724. The van der Waals surface area contributed by atoms with Crippen LogP contribution in [0, 0.1) is 5.92 Å². The van der Waals surface area contributed by atoms with Crippen LogP contribution < -0.4 is 4.90 Å². The van der Waals surface area contributed by atoms with Crippen LogP contribution in [0.2, 0.25) is 0 Å². The van der Waals surface area contributed by atoms with Crippen molar-refractivity contribution in [2.24, 2.45) is 5.92 Å². The number of benzene rings is 1. The van der Waals surface area contributed by atoms with E-state index in [0.29, 0.717) is 12.1 Å². The lowest BCUT2D eigenvalue weighted by Crippen LogP contribution is -2.48. The highest BCUT2D eigenvalue weighted by Crippen LogP contribution is 2.42. The second kappa shape index (κ2) is 11.7. The predicted octanol–water partition coefficient (Wildman–Crippen LogP) is 4.64. The smallest absolute Gasteiger partial charge is 0.416 e. The number of nitrogens with zero attached hydrogens (tertiary/aromatic N) is 3. The van der Waals surface area contributed by atoms with Crippen molar-refractivity contribution < 1.29 is 41.4 Å². The fourth-order valence-electron chi connectivity index (χ4n) is 7.11. The topological polar surface area (TPSA) is 73.3 Å². The molecule has 4 fully saturated rings. The molecule has 0 bridgehead atoms. The number of amides is 1. The summed E-state index contributed by atoms with van der Waals surface area (Å²) in [7, 11) is 1.68. The van der Waals surface area contributed by atoms with Crippen LogP contribution in [0.4, 0.5) is 27.6 Å². The van der Waals surface area contributed by atoms with E-state index in [4.69, 9.17) is 4.74 Å². The maximum atomic E-state index is 16.1. The number of rotatable bonds is 6. The maximum Gasteiger partial charge on any atom is 0.416 e. The summed E-state index contributed by atoms with van der Waals surface area (Å²) in [5.41, 5.74) is -2.50. The third kappa shape index (κ3) is 6.18. The van der Waals surface area contributed by atoms with E-state index >= 15 is 8.78 Å². The Labute approximate surface area is 236 Å². The molecule has 228 valence electrons. The van der Waals surface area contributed by atoms with Gasteiger partial charge in [0, 0.05) is 63.9 Å². The number of ether oxygens (including phenoxy) is 1. The van der Waals surface area contributed by atoms with Crippen molar-refractivity contribution in [1.29, 1.82) is 0 Å². The van der Waals surface area contributed by atoms with E-state index in [2.05, 4.69) is 0 Å². The van der Waals surface area contributed by atoms with Gasteiger partial charge in [-0.15, -0.1) is 0 Å². The highest BCUT2D eigenvalue weighted by atomic mass is 19.4. The number of carboxylic acid groups (broad SMARTS) is 1. The minimum atomic E-state index is -4.61.